The molecule has 0 saturated heterocycles. The van der Waals surface area contributed by atoms with Crippen LogP contribution in [0.15, 0.2) is 48.5 Å². The Kier molecular flexibility index (Phi) is 8.25. The molecule has 2 aromatic rings. The molecule has 0 unspecified atom stereocenters. The van der Waals surface area contributed by atoms with Crippen molar-refractivity contribution in [2.45, 2.75) is 59.7 Å². The van der Waals surface area contributed by atoms with Crippen LogP contribution in [0.3, 0.4) is 0 Å². The zero-order chi connectivity index (χ0) is 21.4. The zero-order valence-electron chi connectivity index (χ0n) is 18.1. The number of carbonyl (C=O) groups is 2. The van der Waals surface area contributed by atoms with E-state index in [0.29, 0.717) is 12.3 Å². The molecule has 0 bridgehead atoms. The molecule has 2 atom stereocenters. The van der Waals surface area contributed by atoms with Crippen LogP contribution in [0, 0.1) is 13.8 Å². The summed E-state index contributed by atoms with van der Waals surface area (Å²) in [6, 6.07) is 14.9. The highest BCUT2D eigenvalue weighted by molar-refractivity contribution is 5.88. The normalized spacial score (nSPS) is 12.7. The average Bonchev–Trinajstić information content (AvgIpc) is 2.71. The van der Waals surface area contributed by atoms with E-state index in [1.165, 1.54) is 0 Å². The molecule has 0 radical (unpaired) electrons. The molecule has 156 valence electrons. The Morgan fingerprint density at radius 1 is 1.00 bits per heavy atom. The summed E-state index contributed by atoms with van der Waals surface area (Å²) < 4.78 is 5.76. The van der Waals surface area contributed by atoms with Gasteiger partial charge < -0.3 is 15.0 Å². The number of para-hydroxylation sites is 1. The van der Waals surface area contributed by atoms with E-state index in [9.17, 15) is 9.59 Å². The van der Waals surface area contributed by atoms with Gasteiger partial charge in [0.05, 0.1) is 0 Å². The predicted octanol–water partition coefficient (Wildman–Crippen LogP) is 4.01. The van der Waals surface area contributed by atoms with Crippen molar-refractivity contribution < 1.29 is 14.3 Å². The fourth-order valence-electron chi connectivity index (χ4n) is 2.96. The number of benzene rings is 2. The van der Waals surface area contributed by atoms with Gasteiger partial charge >= 0.3 is 0 Å². The van der Waals surface area contributed by atoms with Crippen LogP contribution in [-0.4, -0.2) is 35.4 Å². The highest BCUT2D eigenvalue weighted by Gasteiger charge is 2.27. The molecule has 5 heteroatoms. The minimum Gasteiger partial charge on any atom is -0.484 e. The third kappa shape index (κ3) is 6.34. The van der Waals surface area contributed by atoms with Gasteiger partial charge in [-0.05, 0) is 56.9 Å². The monoisotopic (exact) mass is 396 g/mol. The Hall–Kier alpha value is -2.82. The van der Waals surface area contributed by atoms with Crippen molar-refractivity contribution >= 4 is 11.8 Å². The second-order valence-corrected chi connectivity index (χ2v) is 7.50. The Bertz CT molecular complexity index is 834. The van der Waals surface area contributed by atoms with Gasteiger partial charge in [-0.15, -0.1) is 0 Å². The lowest BCUT2D eigenvalue weighted by Gasteiger charge is -2.30. The number of nitrogens with one attached hydrogen (secondary N) is 1. The second kappa shape index (κ2) is 10.6. The first-order valence-electron chi connectivity index (χ1n) is 10.2. The van der Waals surface area contributed by atoms with Crippen molar-refractivity contribution in [3.05, 3.63) is 65.2 Å². The number of hydrogen-bond donors (Lipinski definition) is 1. The summed E-state index contributed by atoms with van der Waals surface area (Å²) in [6.07, 6.45) is 0.834. The Balaban J connectivity index is 2.18. The minimum atomic E-state index is -0.600. The van der Waals surface area contributed by atoms with Crippen LogP contribution in [-0.2, 0) is 16.1 Å². The standard InChI is InChI=1S/C24H32N2O3/c1-6-19(4)25-24(28)20(5)26(15-21-13-9-7-11-17(21)2)23(27)16-29-22-14-10-8-12-18(22)3/h7-14,19-20H,6,15-16H2,1-5H3,(H,25,28)/t19-,20+/m0/s1. The number of hydrogen-bond acceptors (Lipinski definition) is 3. The summed E-state index contributed by atoms with van der Waals surface area (Å²) in [6.45, 7) is 9.93. The van der Waals surface area contributed by atoms with Gasteiger partial charge in [-0.2, -0.15) is 0 Å². The Morgan fingerprint density at radius 2 is 1.62 bits per heavy atom. The first-order valence-corrected chi connectivity index (χ1v) is 10.2. The van der Waals surface area contributed by atoms with E-state index in [1.807, 2.05) is 76.2 Å². The lowest BCUT2D eigenvalue weighted by molar-refractivity contribution is -0.142. The van der Waals surface area contributed by atoms with Crippen LogP contribution in [0.2, 0.25) is 0 Å². The average molecular weight is 397 g/mol. The highest BCUT2D eigenvalue weighted by Crippen LogP contribution is 2.18. The summed E-state index contributed by atoms with van der Waals surface area (Å²) in [5.41, 5.74) is 3.06. The summed E-state index contributed by atoms with van der Waals surface area (Å²) >= 11 is 0. The molecule has 0 aliphatic heterocycles. The van der Waals surface area contributed by atoms with Crippen molar-refractivity contribution in [2.24, 2.45) is 0 Å². The molecule has 2 amide bonds. The summed E-state index contributed by atoms with van der Waals surface area (Å²) in [5.74, 6) is 0.300. The molecule has 29 heavy (non-hydrogen) atoms. The molecule has 0 saturated carbocycles. The molecular weight excluding hydrogens is 364 g/mol. The maximum Gasteiger partial charge on any atom is 0.261 e. The van der Waals surface area contributed by atoms with Crippen molar-refractivity contribution in [3.8, 4) is 5.75 Å². The van der Waals surface area contributed by atoms with Gasteiger partial charge in [-0.3, -0.25) is 9.59 Å². The van der Waals surface area contributed by atoms with Crippen LogP contribution in [0.25, 0.3) is 0 Å². The molecule has 2 rings (SSSR count). The number of nitrogens with zero attached hydrogens (tertiary/aromatic N) is 1. The van der Waals surface area contributed by atoms with E-state index < -0.39 is 6.04 Å². The Morgan fingerprint density at radius 3 is 2.24 bits per heavy atom. The smallest absolute Gasteiger partial charge is 0.261 e. The first kappa shape index (κ1) is 22.5. The predicted molar refractivity (Wildman–Crippen MR) is 116 cm³/mol. The van der Waals surface area contributed by atoms with Crippen LogP contribution < -0.4 is 10.1 Å². The highest BCUT2D eigenvalue weighted by atomic mass is 16.5. The molecule has 0 heterocycles. The van der Waals surface area contributed by atoms with Gasteiger partial charge in [0.1, 0.15) is 11.8 Å². The molecule has 1 N–H and O–H groups in total. The maximum atomic E-state index is 13.1. The number of aryl methyl sites for hydroxylation is 2. The Labute approximate surface area is 174 Å². The summed E-state index contributed by atoms with van der Waals surface area (Å²) in [5, 5.41) is 2.97. The van der Waals surface area contributed by atoms with E-state index in [2.05, 4.69) is 5.32 Å². The van der Waals surface area contributed by atoms with E-state index >= 15 is 0 Å². The van der Waals surface area contributed by atoms with Crippen LogP contribution in [0.4, 0.5) is 0 Å². The van der Waals surface area contributed by atoms with Gasteiger partial charge in [0.25, 0.3) is 5.91 Å². The number of ether oxygens (including phenoxy) is 1. The van der Waals surface area contributed by atoms with E-state index in [4.69, 9.17) is 4.74 Å². The third-order valence-electron chi connectivity index (χ3n) is 5.22. The molecule has 0 aliphatic carbocycles. The molecule has 5 nitrogen and oxygen atoms in total. The van der Waals surface area contributed by atoms with Crippen molar-refractivity contribution in [2.75, 3.05) is 6.61 Å². The van der Waals surface area contributed by atoms with Crippen LogP contribution in [0.5, 0.6) is 5.75 Å². The number of amides is 2. The molecule has 0 aliphatic rings. The molecule has 0 spiro atoms. The lowest BCUT2D eigenvalue weighted by Crippen LogP contribution is -2.50. The van der Waals surface area contributed by atoms with Gasteiger partial charge in [-0.25, -0.2) is 0 Å². The van der Waals surface area contributed by atoms with Gasteiger partial charge in [-0.1, -0.05) is 49.4 Å². The fraction of sp³-hybridized carbons (Fsp3) is 0.417. The molecule has 0 fully saturated rings. The minimum absolute atomic E-state index is 0.0589. The SMILES string of the molecule is CC[C@H](C)NC(=O)[C@@H](C)N(Cc1ccccc1C)C(=O)COc1ccccc1C. The van der Waals surface area contributed by atoms with Gasteiger partial charge in [0.2, 0.25) is 5.91 Å². The second-order valence-electron chi connectivity index (χ2n) is 7.50. The number of carbonyl (C=O) groups excluding carboxylic acids is 2. The van der Waals surface area contributed by atoms with E-state index in [0.717, 1.165) is 23.1 Å². The van der Waals surface area contributed by atoms with Crippen LogP contribution >= 0.6 is 0 Å². The van der Waals surface area contributed by atoms with Crippen molar-refractivity contribution in [1.29, 1.82) is 0 Å². The van der Waals surface area contributed by atoms with Gasteiger partial charge in [0, 0.05) is 12.6 Å². The number of rotatable bonds is 9. The maximum absolute atomic E-state index is 13.1. The van der Waals surface area contributed by atoms with Gasteiger partial charge in [0.15, 0.2) is 6.61 Å². The zero-order valence-corrected chi connectivity index (χ0v) is 18.1. The van der Waals surface area contributed by atoms with Crippen molar-refractivity contribution in [1.82, 2.24) is 10.2 Å². The van der Waals surface area contributed by atoms with Crippen LogP contribution in [0.1, 0.15) is 43.9 Å². The van der Waals surface area contributed by atoms with Crippen molar-refractivity contribution in [3.63, 3.8) is 0 Å². The first-order chi connectivity index (χ1) is 13.8. The van der Waals surface area contributed by atoms with E-state index in [1.54, 1.807) is 11.8 Å². The third-order valence-corrected chi connectivity index (χ3v) is 5.22. The molecule has 2 aromatic carbocycles. The summed E-state index contributed by atoms with van der Waals surface area (Å²) in [4.78, 5) is 27.4. The molecule has 0 aromatic heterocycles. The molecular formula is C24H32N2O3. The topological polar surface area (TPSA) is 58.6 Å². The fourth-order valence-corrected chi connectivity index (χ4v) is 2.96. The van der Waals surface area contributed by atoms with E-state index in [-0.39, 0.29) is 24.5 Å². The largest absolute Gasteiger partial charge is 0.484 e. The lowest BCUT2D eigenvalue weighted by atomic mass is 10.1. The quantitative estimate of drug-likeness (QED) is 0.697. The summed E-state index contributed by atoms with van der Waals surface area (Å²) in [7, 11) is 0.